The van der Waals surface area contributed by atoms with Gasteiger partial charge in [0.2, 0.25) is 0 Å². The van der Waals surface area contributed by atoms with E-state index >= 15 is 0 Å². The second kappa shape index (κ2) is 4.45. The first-order valence-electron chi connectivity index (χ1n) is 5.16. The highest BCUT2D eigenvalue weighted by molar-refractivity contribution is 14.1. The van der Waals surface area contributed by atoms with E-state index in [9.17, 15) is 0 Å². The molecule has 2 rings (SSSR count). The number of nitrogen functional groups attached to an aromatic ring is 1. The van der Waals surface area contributed by atoms with Crippen molar-refractivity contribution >= 4 is 28.4 Å². The first-order valence-corrected chi connectivity index (χ1v) is 6.24. The average molecular weight is 327 g/mol. The zero-order valence-electron chi connectivity index (χ0n) is 9.31. The lowest BCUT2D eigenvalue weighted by atomic mass is 10.1. The largest absolute Gasteiger partial charge is 0.383 e. The van der Waals surface area contributed by atoms with E-state index in [0.717, 1.165) is 15.1 Å². The minimum Gasteiger partial charge on any atom is -0.383 e. The van der Waals surface area contributed by atoms with Crippen LogP contribution in [0, 0.1) is 10.5 Å². The third kappa shape index (κ3) is 1.93. The molecule has 1 atom stereocenters. The maximum atomic E-state index is 6.03. The lowest BCUT2D eigenvalue weighted by molar-refractivity contribution is 0.569. The van der Waals surface area contributed by atoms with Gasteiger partial charge in [0, 0.05) is 0 Å². The van der Waals surface area contributed by atoms with Gasteiger partial charge in [-0.3, -0.25) is 0 Å². The number of anilines is 1. The molecule has 84 valence electrons. The van der Waals surface area contributed by atoms with E-state index in [1.165, 1.54) is 5.56 Å². The van der Waals surface area contributed by atoms with Crippen molar-refractivity contribution in [2.45, 2.75) is 19.9 Å². The molecule has 1 aromatic heterocycles. The molecule has 2 aromatic rings. The van der Waals surface area contributed by atoms with Crippen LogP contribution in [-0.4, -0.2) is 9.78 Å². The summed E-state index contributed by atoms with van der Waals surface area (Å²) in [6.45, 7) is 4.08. The number of aromatic nitrogens is 2. The summed E-state index contributed by atoms with van der Waals surface area (Å²) in [5, 5.41) is 4.47. The van der Waals surface area contributed by atoms with E-state index in [4.69, 9.17) is 5.73 Å². The predicted molar refractivity (Wildman–Crippen MR) is 74.3 cm³/mol. The summed E-state index contributed by atoms with van der Waals surface area (Å²) in [6, 6.07) is 10.4. The van der Waals surface area contributed by atoms with Gasteiger partial charge in [-0.2, -0.15) is 5.10 Å². The van der Waals surface area contributed by atoms with Gasteiger partial charge in [-0.15, -0.1) is 0 Å². The molecule has 2 N–H and O–H groups in total. The van der Waals surface area contributed by atoms with E-state index in [2.05, 4.69) is 46.7 Å². The molecule has 0 amide bonds. The summed E-state index contributed by atoms with van der Waals surface area (Å²) in [5.41, 5.74) is 8.24. The Bertz CT molecular complexity index is 490. The fourth-order valence-electron chi connectivity index (χ4n) is 1.71. The summed E-state index contributed by atoms with van der Waals surface area (Å²) in [6.07, 6.45) is 0. The number of benzene rings is 1. The maximum Gasteiger partial charge on any atom is 0.136 e. The molecule has 0 aliphatic heterocycles. The number of hydrogen-bond donors (Lipinski definition) is 1. The smallest absolute Gasteiger partial charge is 0.136 e. The third-order valence-corrected chi connectivity index (χ3v) is 4.03. The molecule has 3 nitrogen and oxygen atoms in total. The Kier molecular flexibility index (Phi) is 3.18. The van der Waals surface area contributed by atoms with Gasteiger partial charge in [-0.05, 0) is 42.0 Å². The van der Waals surface area contributed by atoms with Gasteiger partial charge in [0.15, 0.2) is 0 Å². The van der Waals surface area contributed by atoms with E-state index < -0.39 is 0 Å². The topological polar surface area (TPSA) is 43.8 Å². The normalized spacial score (nSPS) is 12.7. The van der Waals surface area contributed by atoms with Gasteiger partial charge in [0.05, 0.1) is 15.3 Å². The maximum absolute atomic E-state index is 6.03. The van der Waals surface area contributed by atoms with E-state index in [1.807, 2.05) is 29.8 Å². The van der Waals surface area contributed by atoms with Crippen LogP contribution in [0.4, 0.5) is 5.82 Å². The monoisotopic (exact) mass is 327 g/mol. The van der Waals surface area contributed by atoms with Crippen LogP contribution in [0.15, 0.2) is 30.3 Å². The van der Waals surface area contributed by atoms with Crippen LogP contribution in [0.3, 0.4) is 0 Å². The quantitative estimate of drug-likeness (QED) is 0.862. The Morgan fingerprint density at radius 1 is 1.31 bits per heavy atom. The van der Waals surface area contributed by atoms with Gasteiger partial charge in [0.1, 0.15) is 5.82 Å². The van der Waals surface area contributed by atoms with Crippen molar-refractivity contribution in [2.24, 2.45) is 0 Å². The summed E-state index contributed by atoms with van der Waals surface area (Å²) in [4.78, 5) is 0. The molecule has 0 fully saturated rings. The first kappa shape index (κ1) is 11.4. The average Bonchev–Trinajstić information content (AvgIpc) is 2.57. The molecule has 1 unspecified atom stereocenters. The minimum absolute atomic E-state index is 0.170. The van der Waals surface area contributed by atoms with Gasteiger partial charge < -0.3 is 5.73 Å². The lowest BCUT2D eigenvalue weighted by Gasteiger charge is -2.14. The van der Waals surface area contributed by atoms with Crippen LogP contribution in [-0.2, 0) is 0 Å². The summed E-state index contributed by atoms with van der Waals surface area (Å²) in [5.74, 6) is 0.745. The highest BCUT2D eigenvalue weighted by Crippen LogP contribution is 2.25. The SMILES string of the molecule is Cc1nn(C(C)c2ccccc2)c(N)c1I. The Balaban J connectivity index is 2.42. The fourth-order valence-corrected chi connectivity index (χ4v) is 2.07. The van der Waals surface area contributed by atoms with Crippen LogP contribution >= 0.6 is 22.6 Å². The van der Waals surface area contributed by atoms with Crippen LogP contribution in [0.1, 0.15) is 24.2 Å². The molecule has 0 radical (unpaired) electrons. The van der Waals surface area contributed by atoms with E-state index in [-0.39, 0.29) is 6.04 Å². The Hall–Kier alpha value is -1.04. The standard InChI is InChI=1S/C12H14IN3/c1-8-11(13)12(14)16(15-8)9(2)10-6-4-3-5-7-10/h3-7,9H,14H2,1-2H3. The van der Waals surface area contributed by atoms with Gasteiger partial charge in [-0.1, -0.05) is 30.3 Å². The molecule has 0 saturated carbocycles. The molecule has 1 aromatic carbocycles. The van der Waals surface area contributed by atoms with Gasteiger partial charge in [-0.25, -0.2) is 4.68 Å². The van der Waals surface area contributed by atoms with Crippen molar-refractivity contribution in [1.29, 1.82) is 0 Å². The van der Waals surface area contributed by atoms with E-state index in [1.54, 1.807) is 0 Å². The number of halogens is 1. The van der Waals surface area contributed by atoms with Crippen molar-refractivity contribution in [2.75, 3.05) is 5.73 Å². The summed E-state index contributed by atoms with van der Waals surface area (Å²) < 4.78 is 2.92. The summed E-state index contributed by atoms with van der Waals surface area (Å²) in [7, 11) is 0. The van der Waals surface area contributed by atoms with Crippen LogP contribution < -0.4 is 5.73 Å². The molecule has 16 heavy (non-hydrogen) atoms. The number of nitrogens with two attached hydrogens (primary N) is 1. The zero-order valence-corrected chi connectivity index (χ0v) is 11.5. The number of aryl methyl sites for hydroxylation is 1. The van der Waals surface area contributed by atoms with Gasteiger partial charge in [0.25, 0.3) is 0 Å². The first-order chi connectivity index (χ1) is 7.61. The second-order valence-electron chi connectivity index (χ2n) is 3.82. The highest BCUT2D eigenvalue weighted by atomic mass is 127. The molecule has 1 heterocycles. The zero-order chi connectivity index (χ0) is 11.7. The third-order valence-electron chi connectivity index (χ3n) is 2.70. The number of rotatable bonds is 2. The second-order valence-corrected chi connectivity index (χ2v) is 4.89. The van der Waals surface area contributed by atoms with Crippen molar-refractivity contribution < 1.29 is 0 Å². The number of hydrogen-bond acceptors (Lipinski definition) is 2. The van der Waals surface area contributed by atoms with Crippen LogP contribution in [0.5, 0.6) is 0 Å². The Morgan fingerprint density at radius 3 is 2.44 bits per heavy atom. The lowest BCUT2D eigenvalue weighted by Crippen LogP contribution is -2.11. The van der Waals surface area contributed by atoms with Crippen molar-refractivity contribution in [3.05, 3.63) is 45.2 Å². The molecule has 0 saturated heterocycles. The molecule has 0 aliphatic carbocycles. The Morgan fingerprint density at radius 2 is 1.94 bits per heavy atom. The van der Waals surface area contributed by atoms with Crippen LogP contribution in [0.2, 0.25) is 0 Å². The fraction of sp³-hybridized carbons (Fsp3) is 0.250. The van der Waals surface area contributed by atoms with Crippen molar-refractivity contribution in [3.63, 3.8) is 0 Å². The predicted octanol–water partition coefficient (Wildman–Crippen LogP) is 2.99. The molecule has 0 aliphatic rings. The van der Waals surface area contributed by atoms with Crippen LogP contribution in [0.25, 0.3) is 0 Å². The van der Waals surface area contributed by atoms with Gasteiger partial charge >= 0.3 is 0 Å². The minimum atomic E-state index is 0.170. The molecule has 0 bridgehead atoms. The Labute approximate surface area is 109 Å². The summed E-state index contributed by atoms with van der Waals surface area (Å²) >= 11 is 2.23. The van der Waals surface area contributed by atoms with E-state index in [0.29, 0.717) is 0 Å². The highest BCUT2D eigenvalue weighted by Gasteiger charge is 2.15. The molecular formula is C12H14IN3. The molecule has 4 heteroatoms. The van der Waals surface area contributed by atoms with Crippen molar-refractivity contribution in [3.8, 4) is 0 Å². The molecular weight excluding hydrogens is 313 g/mol. The van der Waals surface area contributed by atoms with Crippen molar-refractivity contribution in [1.82, 2.24) is 9.78 Å². The number of nitrogens with zero attached hydrogens (tertiary/aromatic N) is 2. The molecule has 0 spiro atoms.